The van der Waals surface area contributed by atoms with Gasteiger partial charge < -0.3 is 39.8 Å². The number of hydrogen-bond acceptors (Lipinski definition) is 15. The lowest BCUT2D eigenvalue weighted by Gasteiger charge is -2.30. The SMILES string of the molecule is O=P([O-])(N[OH2+])OP(=O)([O-])OP(=O)(O)OP(=O)(O)OP(=O)([O-])OP(=O)([O-])N[OH2+]. The number of hydrogen-bond donors (Lipinski definition) is 4. The molecule has 0 aromatic heterocycles. The largest absolute Gasteiger partial charge is 0.761 e. The summed E-state index contributed by atoms with van der Waals surface area (Å²) in [6, 6.07) is 0. The highest BCUT2D eigenvalue weighted by molar-refractivity contribution is 7.72. The molecule has 0 rings (SSSR count). The van der Waals surface area contributed by atoms with Crippen LogP contribution in [-0.2, 0) is 48.9 Å². The normalized spacial score (nSPS) is 25.8. The fourth-order valence-corrected chi connectivity index (χ4v) is 7.80. The van der Waals surface area contributed by atoms with Crippen LogP contribution < -0.4 is 30.1 Å². The highest BCUT2D eigenvalue weighted by Gasteiger charge is 2.42. The van der Waals surface area contributed by atoms with Gasteiger partial charge in [-0.25, -0.2) is 17.8 Å². The molecule has 21 nitrogen and oxygen atoms in total. The summed E-state index contributed by atoms with van der Waals surface area (Å²) < 4.78 is 81.5. The van der Waals surface area contributed by atoms with Gasteiger partial charge in [-0.05, 0) is 10.5 Å². The van der Waals surface area contributed by atoms with Gasteiger partial charge in [0.2, 0.25) is 0 Å². The quantitative estimate of drug-likeness (QED) is 0.106. The molecule has 0 saturated heterocycles. The summed E-state index contributed by atoms with van der Waals surface area (Å²) in [5.41, 5.74) is 0. The summed E-state index contributed by atoms with van der Waals surface area (Å²) >= 11 is 0. The van der Waals surface area contributed by atoms with Crippen LogP contribution in [0.25, 0.3) is 0 Å². The highest BCUT2D eigenvalue weighted by atomic mass is 31.3. The average molecular weight is 526 g/mol. The van der Waals surface area contributed by atoms with E-state index in [-0.39, 0.29) is 0 Å². The van der Waals surface area contributed by atoms with E-state index in [4.69, 9.17) is 20.2 Å². The highest BCUT2D eigenvalue weighted by Crippen LogP contribution is 2.72. The second-order valence-corrected chi connectivity index (χ2v) is 12.8. The molecule has 0 bridgehead atoms. The average Bonchev–Trinajstić information content (AvgIpc) is 2.30. The Labute approximate surface area is 147 Å². The Kier molecular flexibility index (Phi) is 9.55. The molecule has 164 valence electrons. The standard InChI is InChI=1S/H10N2O19P6/c3-1-22(5,6)17-24(9,10)19-26(13,14)21-27(15,16)20-25(11,12)18-23(7,8)2-4/h3-4H,(H,9,10)(H,11,12)(H,13,14)(H,15,16)(H2,1,5,6)(H2,2,7,8)/p-2. The second kappa shape index (κ2) is 9.29. The van der Waals surface area contributed by atoms with Gasteiger partial charge in [-0.2, -0.15) is 4.31 Å². The lowest BCUT2D eigenvalue weighted by atomic mass is 13.5. The van der Waals surface area contributed by atoms with Crippen LogP contribution in [0.3, 0.4) is 0 Å². The van der Waals surface area contributed by atoms with Crippen molar-refractivity contribution in [3.63, 3.8) is 0 Å². The lowest BCUT2D eigenvalue weighted by molar-refractivity contribution is -0.233. The van der Waals surface area contributed by atoms with E-state index in [1.165, 1.54) is 0 Å². The van der Waals surface area contributed by atoms with Crippen molar-refractivity contribution in [2.75, 3.05) is 0 Å². The van der Waals surface area contributed by atoms with Crippen LogP contribution in [0, 0.1) is 0 Å². The molecule has 0 aromatic carbocycles. The molecule has 0 aliphatic rings. The van der Waals surface area contributed by atoms with E-state index in [9.17, 15) is 47.0 Å². The molecule has 27 heavy (non-hydrogen) atoms. The first kappa shape index (κ1) is 27.8. The molecule has 0 amide bonds. The molecular formula is H8N2O19P6-2. The zero-order valence-electron chi connectivity index (χ0n) is 11.7. The molecule has 6 unspecified atom stereocenters. The minimum Gasteiger partial charge on any atom is -0.761 e. The molecule has 0 fully saturated rings. The van der Waals surface area contributed by atoms with Crippen LogP contribution in [0.4, 0.5) is 0 Å². The zero-order valence-corrected chi connectivity index (χ0v) is 17.1. The first-order chi connectivity index (χ1) is 11.7. The van der Waals surface area contributed by atoms with E-state index in [0.717, 1.165) is 0 Å². The maximum Gasteiger partial charge on any atom is 0.487 e. The summed E-state index contributed by atoms with van der Waals surface area (Å²) in [6.45, 7) is 0. The van der Waals surface area contributed by atoms with E-state index in [2.05, 4.69) is 21.6 Å². The molecule has 0 radical (unpaired) electrons. The Bertz CT molecular complexity index is 741. The van der Waals surface area contributed by atoms with Gasteiger partial charge in [-0.3, -0.25) is 26.9 Å². The van der Waals surface area contributed by atoms with Crippen LogP contribution in [0.15, 0.2) is 0 Å². The van der Waals surface area contributed by atoms with Gasteiger partial charge in [0, 0.05) is 0 Å². The molecule has 0 aliphatic carbocycles. The van der Waals surface area contributed by atoms with E-state index in [1.807, 2.05) is 0 Å². The van der Waals surface area contributed by atoms with Crippen molar-refractivity contribution >= 4 is 46.8 Å². The summed E-state index contributed by atoms with van der Waals surface area (Å²) in [5, 5.41) is 13.4. The molecule has 8 N–H and O–H groups in total. The predicted octanol–water partition coefficient (Wildman–Crippen LogP) is -4.40. The van der Waals surface area contributed by atoms with Gasteiger partial charge in [0.25, 0.3) is 31.1 Å². The molecule has 6 atom stereocenters. The van der Waals surface area contributed by atoms with Crippen molar-refractivity contribution in [2.24, 2.45) is 0 Å². The Hall–Kier alpha value is 0.780. The maximum absolute atomic E-state index is 11.2. The van der Waals surface area contributed by atoms with Gasteiger partial charge in [-0.1, -0.05) is 0 Å². The van der Waals surface area contributed by atoms with E-state index < -0.39 is 46.8 Å². The van der Waals surface area contributed by atoms with Gasteiger partial charge in [0.1, 0.15) is 0 Å². The summed E-state index contributed by atoms with van der Waals surface area (Å²) in [4.78, 5) is 61.3. The summed E-state index contributed by atoms with van der Waals surface area (Å²) in [5.74, 6) is 0. The zero-order chi connectivity index (χ0) is 21.9. The van der Waals surface area contributed by atoms with Gasteiger partial charge in [0.15, 0.2) is 0 Å². The third-order valence-corrected chi connectivity index (χ3v) is 10.1. The topological polar surface area (TPSA) is 351 Å². The smallest absolute Gasteiger partial charge is 0.487 e. The molecular weight excluding hydrogens is 518 g/mol. The van der Waals surface area contributed by atoms with E-state index >= 15 is 0 Å². The summed E-state index contributed by atoms with van der Waals surface area (Å²) in [7, 11) is -36.9. The van der Waals surface area contributed by atoms with Crippen LogP contribution in [0.2, 0.25) is 0 Å². The van der Waals surface area contributed by atoms with Crippen molar-refractivity contribution in [1.29, 1.82) is 0 Å². The molecule has 0 heterocycles. The summed E-state index contributed by atoms with van der Waals surface area (Å²) in [6.07, 6.45) is 0. The molecule has 0 aromatic rings. The molecule has 0 saturated carbocycles. The van der Waals surface area contributed by atoms with Crippen molar-refractivity contribution in [1.82, 2.24) is 10.5 Å². The van der Waals surface area contributed by atoms with Crippen molar-refractivity contribution < 1.29 is 88.7 Å². The van der Waals surface area contributed by atoms with E-state index in [1.54, 1.807) is 0 Å². The molecule has 0 aliphatic heterocycles. The minimum absolute atomic E-state index is 0.552. The lowest BCUT2D eigenvalue weighted by Crippen LogP contribution is -2.20. The van der Waals surface area contributed by atoms with Crippen molar-refractivity contribution in [3.8, 4) is 0 Å². The Balaban J connectivity index is 5.26. The van der Waals surface area contributed by atoms with E-state index in [0.29, 0.717) is 10.5 Å². The fraction of sp³-hybridized carbons (Fsp3) is 0. The van der Waals surface area contributed by atoms with Gasteiger partial charge in [0.05, 0.1) is 0 Å². The maximum atomic E-state index is 11.2. The van der Waals surface area contributed by atoms with Crippen LogP contribution in [-0.4, -0.2) is 20.2 Å². The monoisotopic (exact) mass is 526 g/mol. The van der Waals surface area contributed by atoms with Gasteiger partial charge in [-0.15, -0.1) is 0 Å². The fourth-order valence-electron chi connectivity index (χ4n) is 0.747. The minimum atomic E-state index is -6.38. The van der Waals surface area contributed by atoms with Crippen LogP contribution in [0.1, 0.15) is 0 Å². The predicted molar refractivity (Wildman–Crippen MR) is 69.0 cm³/mol. The number of nitrogens with one attached hydrogen (secondary N) is 2. The number of rotatable bonds is 12. The van der Waals surface area contributed by atoms with Crippen LogP contribution >= 0.6 is 46.8 Å². The van der Waals surface area contributed by atoms with Gasteiger partial charge >= 0.3 is 15.6 Å². The Morgan fingerprint density at radius 3 is 1.07 bits per heavy atom. The third-order valence-electron chi connectivity index (χ3n) is 1.30. The van der Waals surface area contributed by atoms with Crippen molar-refractivity contribution in [3.05, 3.63) is 0 Å². The number of phosphoric acid groups is 4. The molecule has 0 spiro atoms. The van der Waals surface area contributed by atoms with Crippen LogP contribution in [0.5, 0.6) is 0 Å². The second-order valence-electron chi connectivity index (χ2n) is 3.46. The Morgan fingerprint density at radius 2 is 0.852 bits per heavy atom. The first-order valence-electron chi connectivity index (χ1n) is 5.00. The molecule has 27 heteroatoms. The first-order valence-corrected chi connectivity index (χ1v) is 14.0. The third kappa shape index (κ3) is 12.2. The van der Waals surface area contributed by atoms with Crippen molar-refractivity contribution in [2.45, 2.75) is 0 Å². The Morgan fingerprint density at radius 1 is 0.593 bits per heavy atom.